The molecule has 2 aromatic carbocycles. The van der Waals surface area contributed by atoms with Crippen LogP contribution in [0, 0.1) is 13.8 Å². The number of nitrogens with one attached hydrogen (secondary N) is 2. The number of H-pyrrole nitrogens is 1. The summed E-state index contributed by atoms with van der Waals surface area (Å²) in [4.78, 5) is 43.5. The van der Waals surface area contributed by atoms with Crippen molar-refractivity contribution in [1.82, 2.24) is 9.97 Å². The number of aromatic amines is 1. The fraction of sp³-hybridized carbons (Fsp3) is 0.333. The first-order chi connectivity index (χ1) is 16.2. The number of amides is 2. The number of para-hydroxylation sites is 3. The number of hydrogen-bond acceptors (Lipinski definition) is 7. The Labute approximate surface area is 198 Å². The number of hydrogen-bond donors (Lipinski definition) is 2. The molecule has 182 valence electrons. The third-order valence-corrected chi connectivity index (χ3v) is 4.94. The molecule has 1 heterocycles. The van der Waals surface area contributed by atoms with Gasteiger partial charge < -0.3 is 19.2 Å². The number of rotatable bonds is 6. The van der Waals surface area contributed by atoms with Gasteiger partial charge in [0.2, 0.25) is 5.95 Å². The maximum Gasteiger partial charge on any atom is 0.413 e. The molecule has 3 rings (SSSR count). The zero-order valence-corrected chi connectivity index (χ0v) is 20.2. The van der Waals surface area contributed by atoms with E-state index in [1.165, 1.54) is 26.2 Å². The van der Waals surface area contributed by atoms with Gasteiger partial charge in [0.05, 0.1) is 30.9 Å². The molecule has 2 amide bonds. The highest BCUT2D eigenvalue weighted by molar-refractivity contribution is 6.01. The molecule has 1 atom stereocenters. The van der Waals surface area contributed by atoms with Gasteiger partial charge >= 0.3 is 12.1 Å². The van der Waals surface area contributed by atoms with Crippen LogP contribution in [0.15, 0.2) is 42.5 Å². The van der Waals surface area contributed by atoms with Crippen LogP contribution >= 0.6 is 0 Å². The second-order valence-corrected chi connectivity index (χ2v) is 7.36. The number of imidazole rings is 1. The smallest absolute Gasteiger partial charge is 0.413 e. The molecule has 0 radical (unpaired) electrons. The minimum Gasteiger partial charge on any atom is -0.467 e. The first-order valence-electron chi connectivity index (χ1n) is 10.5. The predicted octanol–water partition coefficient (Wildman–Crippen LogP) is 3.59. The Kier molecular flexibility index (Phi) is 9.57. The molecular formula is C24H30N4O6. The van der Waals surface area contributed by atoms with Gasteiger partial charge in [0, 0.05) is 7.11 Å². The molecule has 0 bridgehead atoms. The molecule has 0 saturated carbocycles. The van der Waals surface area contributed by atoms with E-state index in [9.17, 15) is 14.4 Å². The number of aromatic nitrogens is 2. The Morgan fingerprint density at radius 1 is 1.00 bits per heavy atom. The quantitative estimate of drug-likeness (QED) is 0.528. The summed E-state index contributed by atoms with van der Waals surface area (Å²) in [6.45, 7) is 5.36. The van der Waals surface area contributed by atoms with Gasteiger partial charge in [-0.05, 0) is 44.0 Å². The van der Waals surface area contributed by atoms with Gasteiger partial charge in [-0.25, -0.2) is 14.6 Å². The largest absolute Gasteiger partial charge is 0.467 e. The molecule has 3 aromatic rings. The van der Waals surface area contributed by atoms with Gasteiger partial charge in [0.25, 0.3) is 5.91 Å². The van der Waals surface area contributed by atoms with Crippen molar-refractivity contribution in [1.29, 1.82) is 0 Å². The van der Waals surface area contributed by atoms with Crippen LogP contribution in [0.3, 0.4) is 0 Å². The standard InChI is InChI=1S/C15H21NO4.C9H9N3O2/c1-10-7-6-8-11(2)14(10)16(13(17)9-19-4)12(3)15(18)20-5;1-14-9(13)12-8-10-6-4-2-3-5-7(6)11-8/h6-8,12H,9H2,1-5H3;2-5H,1H3,(H2,10,11,12,13). The average molecular weight is 471 g/mol. The van der Waals surface area contributed by atoms with Crippen LogP contribution in [0.2, 0.25) is 0 Å². The normalized spacial score (nSPS) is 11.1. The second kappa shape index (κ2) is 12.4. The van der Waals surface area contributed by atoms with Crippen molar-refractivity contribution in [3.05, 3.63) is 53.6 Å². The van der Waals surface area contributed by atoms with E-state index < -0.39 is 18.1 Å². The Morgan fingerprint density at radius 3 is 2.21 bits per heavy atom. The monoisotopic (exact) mass is 470 g/mol. The van der Waals surface area contributed by atoms with Crippen LogP contribution in [0.5, 0.6) is 0 Å². The number of benzene rings is 2. The van der Waals surface area contributed by atoms with E-state index in [4.69, 9.17) is 9.47 Å². The van der Waals surface area contributed by atoms with E-state index in [2.05, 4.69) is 20.0 Å². The maximum atomic E-state index is 12.3. The first-order valence-corrected chi connectivity index (χ1v) is 10.5. The highest BCUT2D eigenvalue weighted by Gasteiger charge is 2.29. The molecule has 0 aliphatic rings. The van der Waals surface area contributed by atoms with Crippen molar-refractivity contribution in [2.45, 2.75) is 26.8 Å². The number of methoxy groups -OCH3 is 3. The molecule has 0 aliphatic carbocycles. The Hall–Kier alpha value is -3.92. The summed E-state index contributed by atoms with van der Waals surface area (Å²) < 4.78 is 14.1. The fourth-order valence-corrected chi connectivity index (χ4v) is 3.35. The molecule has 2 N–H and O–H groups in total. The van der Waals surface area contributed by atoms with Crippen molar-refractivity contribution < 1.29 is 28.6 Å². The van der Waals surface area contributed by atoms with Gasteiger partial charge in [-0.3, -0.25) is 15.0 Å². The summed E-state index contributed by atoms with van der Waals surface area (Å²) in [6.07, 6.45) is -0.538. The molecular weight excluding hydrogens is 440 g/mol. The van der Waals surface area contributed by atoms with E-state index in [0.29, 0.717) is 5.95 Å². The summed E-state index contributed by atoms with van der Waals surface area (Å²) >= 11 is 0. The topological polar surface area (TPSA) is 123 Å². The molecule has 34 heavy (non-hydrogen) atoms. The SMILES string of the molecule is COC(=O)Nc1nc2ccccc2[nH]1.COCC(=O)N(c1c(C)cccc1C)C(C)C(=O)OC. The second-order valence-electron chi connectivity index (χ2n) is 7.36. The summed E-state index contributed by atoms with van der Waals surface area (Å²) in [5, 5.41) is 2.45. The van der Waals surface area contributed by atoms with Gasteiger partial charge in [-0.1, -0.05) is 30.3 Å². The van der Waals surface area contributed by atoms with E-state index in [-0.39, 0.29) is 12.5 Å². The lowest BCUT2D eigenvalue weighted by molar-refractivity contribution is -0.143. The zero-order valence-electron chi connectivity index (χ0n) is 20.2. The Morgan fingerprint density at radius 2 is 1.65 bits per heavy atom. The van der Waals surface area contributed by atoms with Crippen LogP contribution in [-0.2, 0) is 23.8 Å². The third kappa shape index (κ3) is 6.55. The molecule has 0 saturated heterocycles. The van der Waals surface area contributed by atoms with Crippen molar-refractivity contribution in [3.8, 4) is 0 Å². The lowest BCUT2D eigenvalue weighted by Crippen LogP contribution is -2.46. The number of aryl methyl sites for hydroxylation is 2. The molecule has 1 aromatic heterocycles. The van der Waals surface area contributed by atoms with E-state index in [0.717, 1.165) is 27.8 Å². The van der Waals surface area contributed by atoms with Crippen LogP contribution in [-0.4, -0.2) is 61.9 Å². The zero-order chi connectivity index (χ0) is 25.3. The minimum atomic E-state index is -0.706. The minimum absolute atomic E-state index is 0.0882. The van der Waals surface area contributed by atoms with Gasteiger partial charge in [-0.2, -0.15) is 0 Å². The van der Waals surface area contributed by atoms with Crippen LogP contribution in [0.4, 0.5) is 16.4 Å². The molecule has 10 nitrogen and oxygen atoms in total. The molecule has 0 spiro atoms. The number of fused-ring (bicyclic) bond motifs is 1. The van der Waals surface area contributed by atoms with Crippen molar-refractivity contribution in [3.63, 3.8) is 0 Å². The maximum absolute atomic E-state index is 12.3. The molecule has 0 fully saturated rings. The van der Waals surface area contributed by atoms with E-state index >= 15 is 0 Å². The van der Waals surface area contributed by atoms with Gasteiger partial charge in [0.1, 0.15) is 12.6 Å². The van der Waals surface area contributed by atoms with Crippen molar-refractivity contribution in [2.24, 2.45) is 0 Å². The predicted molar refractivity (Wildman–Crippen MR) is 129 cm³/mol. The van der Waals surface area contributed by atoms with Crippen LogP contribution in [0.25, 0.3) is 11.0 Å². The number of carbonyl (C=O) groups is 3. The number of esters is 1. The third-order valence-electron chi connectivity index (χ3n) is 4.94. The Balaban J connectivity index is 0.000000254. The molecule has 1 unspecified atom stereocenters. The van der Waals surface area contributed by atoms with Crippen molar-refractivity contribution in [2.75, 3.05) is 38.2 Å². The lowest BCUT2D eigenvalue weighted by atomic mass is 10.1. The molecule has 0 aliphatic heterocycles. The average Bonchev–Trinajstić information content (AvgIpc) is 3.23. The number of nitrogens with zero attached hydrogens (tertiary/aromatic N) is 2. The van der Waals surface area contributed by atoms with E-state index in [1.807, 2.05) is 56.3 Å². The summed E-state index contributed by atoms with van der Waals surface area (Å²) in [6, 6.07) is 12.5. The van der Waals surface area contributed by atoms with Crippen LogP contribution in [0.1, 0.15) is 18.1 Å². The van der Waals surface area contributed by atoms with Gasteiger partial charge in [0.15, 0.2) is 0 Å². The highest BCUT2D eigenvalue weighted by atomic mass is 16.5. The van der Waals surface area contributed by atoms with Crippen molar-refractivity contribution >= 4 is 40.6 Å². The first kappa shape index (κ1) is 26.3. The summed E-state index contributed by atoms with van der Waals surface area (Å²) in [7, 11) is 4.06. The van der Waals surface area contributed by atoms with E-state index in [1.54, 1.807) is 6.92 Å². The fourth-order valence-electron chi connectivity index (χ4n) is 3.35. The Bertz CT molecular complexity index is 1090. The highest BCUT2D eigenvalue weighted by Crippen LogP contribution is 2.27. The number of carbonyl (C=O) groups excluding carboxylic acids is 3. The summed E-state index contributed by atoms with van der Waals surface area (Å²) in [5.74, 6) is -0.349. The lowest BCUT2D eigenvalue weighted by Gasteiger charge is -2.30. The number of anilines is 2. The summed E-state index contributed by atoms with van der Waals surface area (Å²) in [5.41, 5.74) is 4.25. The van der Waals surface area contributed by atoms with Crippen LogP contribution < -0.4 is 10.2 Å². The van der Waals surface area contributed by atoms with Gasteiger partial charge in [-0.15, -0.1) is 0 Å². The number of ether oxygens (including phenoxy) is 3. The molecule has 10 heteroatoms.